The predicted octanol–water partition coefficient (Wildman–Crippen LogP) is 1.17. The summed E-state index contributed by atoms with van der Waals surface area (Å²) in [5, 5.41) is 2.96. The number of carbonyl (C=O) groups excluding carboxylic acids is 1. The molecule has 5 rings (SSSR count). The number of halogens is 1. The fourth-order valence-corrected chi connectivity index (χ4v) is 3.42. The molecular formula is C16H13FN6O2. The monoisotopic (exact) mass is 340 g/mol. The van der Waals surface area contributed by atoms with Crippen LogP contribution in [-0.2, 0) is 0 Å². The summed E-state index contributed by atoms with van der Waals surface area (Å²) in [5.74, 6) is 0.153. The maximum Gasteiger partial charge on any atom is 0.255 e. The van der Waals surface area contributed by atoms with Gasteiger partial charge in [-0.15, -0.1) is 0 Å². The third kappa shape index (κ3) is 2.05. The molecule has 0 aromatic carbocycles. The maximum absolute atomic E-state index is 13.8. The lowest BCUT2D eigenvalue weighted by molar-refractivity contribution is 0.0866. The molecule has 0 saturated carbocycles. The standard InChI is InChI=1S/C16H13FN6O2/c1-23-6-10-13(8-2-7(17)3-20-15(8)23)25-11-5-19-14-12(22-11)9(4-18-14)16(24)21-10/h2-5,10,13H,6H2,1H3,(H,18,19)(H,21,24). The summed E-state index contributed by atoms with van der Waals surface area (Å²) >= 11 is 0. The topological polar surface area (TPSA) is 96.0 Å². The maximum atomic E-state index is 13.8. The molecule has 0 saturated heterocycles. The molecule has 0 radical (unpaired) electrons. The van der Waals surface area contributed by atoms with Crippen LogP contribution >= 0.6 is 0 Å². The highest BCUT2D eigenvalue weighted by Crippen LogP contribution is 2.36. The first-order chi connectivity index (χ1) is 12.1. The Hall–Kier alpha value is -3.23. The first-order valence-electron chi connectivity index (χ1n) is 7.78. The molecule has 9 heteroatoms. The second-order valence-corrected chi connectivity index (χ2v) is 6.17. The smallest absolute Gasteiger partial charge is 0.255 e. The van der Waals surface area contributed by atoms with Gasteiger partial charge in [0.1, 0.15) is 17.2 Å². The summed E-state index contributed by atoms with van der Waals surface area (Å²) in [5.41, 5.74) is 1.92. The Morgan fingerprint density at radius 3 is 3.12 bits per heavy atom. The third-order valence-electron chi connectivity index (χ3n) is 4.53. The Morgan fingerprint density at radius 2 is 2.24 bits per heavy atom. The Bertz CT molecular complexity index is 1020. The SMILES string of the molecule is CN1CC2NC(=O)c3c[nH]c4ncc(nc34)OC2c2cc(F)cnc21. The van der Waals surface area contributed by atoms with Crippen LogP contribution in [0.4, 0.5) is 10.2 Å². The van der Waals surface area contributed by atoms with Crippen LogP contribution in [0.3, 0.4) is 0 Å². The number of aromatic amines is 1. The van der Waals surface area contributed by atoms with Gasteiger partial charge >= 0.3 is 0 Å². The van der Waals surface area contributed by atoms with Gasteiger partial charge in [0.05, 0.1) is 24.0 Å². The lowest BCUT2D eigenvalue weighted by Gasteiger charge is -2.38. The van der Waals surface area contributed by atoms with Gasteiger partial charge in [0, 0.05) is 25.4 Å². The molecule has 3 aromatic heterocycles. The van der Waals surface area contributed by atoms with Gasteiger partial charge in [-0.05, 0) is 6.07 Å². The number of likely N-dealkylation sites (N-methyl/N-ethyl adjacent to an activating group) is 1. The van der Waals surface area contributed by atoms with Gasteiger partial charge in [-0.1, -0.05) is 0 Å². The molecule has 3 aromatic rings. The zero-order chi connectivity index (χ0) is 17.1. The lowest BCUT2D eigenvalue weighted by atomic mass is 9.97. The average Bonchev–Trinajstić information content (AvgIpc) is 3.01. The first-order valence-corrected chi connectivity index (χ1v) is 7.78. The second kappa shape index (κ2) is 4.88. The van der Waals surface area contributed by atoms with Crippen molar-refractivity contribution in [2.75, 3.05) is 18.5 Å². The van der Waals surface area contributed by atoms with E-state index >= 15 is 0 Å². The number of carbonyl (C=O) groups is 1. The minimum atomic E-state index is -0.613. The summed E-state index contributed by atoms with van der Waals surface area (Å²) in [7, 11) is 1.84. The van der Waals surface area contributed by atoms with Crippen molar-refractivity contribution in [1.82, 2.24) is 25.3 Å². The van der Waals surface area contributed by atoms with E-state index in [9.17, 15) is 9.18 Å². The third-order valence-corrected chi connectivity index (χ3v) is 4.53. The van der Waals surface area contributed by atoms with Gasteiger partial charge < -0.3 is 19.9 Å². The number of ether oxygens (including phenoxy) is 1. The predicted molar refractivity (Wildman–Crippen MR) is 86.0 cm³/mol. The number of hydrogen-bond acceptors (Lipinski definition) is 6. The fraction of sp³-hybridized carbons (Fsp3) is 0.250. The highest BCUT2D eigenvalue weighted by Gasteiger charge is 2.38. The molecule has 2 aliphatic rings. The summed E-state index contributed by atoms with van der Waals surface area (Å²) in [6.07, 6.45) is 3.62. The molecule has 1 amide bonds. The van der Waals surface area contributed by atoms with Crippen molar-refractivity contribution in [2.45, 2.75) is 12.1 Å². The molecular weight excluding hydrogens is 327 g/mol. The highest BCUT2D eigenvalue weighted by molar-refractivity contribution is 6.04. The van der Waals surface area contributed by atoms with Crippen LogP contribution in [0.15, 0.2) is 24.7 Å². The van der Waals surface area contributed by atoms with Crippen molar-refractivity contribution in [3.63, 3.8) is 0 Å². The van der Waals surface area contributed by atoms with Gasteiger partial charge in [-0.3, -0.25) is 4.79 Å². The van der Waals surface area contributed by atoms with Crippen LogP contribution in [0.25, 0.3) is 11.2 Å². The number of rotatable bonds is 0. The van der Waals surface area contributed by atoms with Crippen molar-refractivity contribution in [3.8, 4) is 5.88 Å². The van der Waals surface area contributed by atoms with E-state index in [-0.39, 0.29) is 11.8 Å². The van der Waals surface area contributed by atoms with Crippen LogP contribution in [0.5, 0.6) is 5.88 Å². The van der Waals surface area contributed by atoms with Gasteiger partial charge in [-0.25, -0.2) is 19.3 Å². The Labute approximate surface area is 141 Å². The van der Waals surface area contributed by atoms with Crippen LogP contribution in [0.1, 0.15) is 22.0 Å². The van der Waals surface area contributed by atoms with Crippen molar-refractivity contribution in [2.24, 2.45) is 0 Å². The van der Waals surface area contributed by atoms with E-state index in [0.717, 1.165) is 0 Å². The molecule has 2 unspecified atom stereocenters. The average molecular weight is 340 g/mol. The molecule has 126 valence electrons. The number of nitrogens with one attached hydrogen (secondary N) is 2. The van der Waals surface area contributed by atoms with Crippen molar-refractivity contribution in [3.05, 3.63) is 41.6 Å². The molecule has 5 heterocycles. The highest BCUT2D eigenvalue weighted by atomic mass is 19.1. The van der Waals surface area contributed by atoms with E-state index in [0.29, 0.717) is 34.7 Å². The van der Waals surface area contributed by atoms with Crippen molar-refractivity contribution >= 4 is 22.9 Å². The first kappa shape index (κ1) is 14.1. The summed E-state index contributed by atoms with van der Waals surface area (Å²) in [4.78, 5) is 30.2. The van der Waals surface area contributed by atoms with Gasteiger partial charge in [0.2, 0.25) is 5.88 Å². The number of H-pyrrole nitrogens is 1. The Morgan fingerprint density at radius 1 is 1.36 bits per heavy atom. The Balaban J connectivity index is 1.69. The summed E-state index contributed by atoms with van der Waals surface area (Å²) < 4.78 is 19.8. The summed E-state index contributed by atoms with van der Waals surface area (Å²) in [6.45, 7) is 0.471. The minimum absolute atomic E-state index is 0.277. The van der Waals surface area contributed by atoms with E-state index in [1.165, 1.54) is 18.5 Å². The number of nitrogens with zero attached hydrogens (tertiary/aromatic N) is 4. The van der Waals surface area contributed by atoms with Crippen LogP contribution in [-0.4, -0.2) is 45.5 Å². The van der Waals surface area contributed by atoms with E-state index in [1.54, 1.807) is 6.20 Å². The minimum Gasteiger partial charge on any atom is -0.466 e. The lowest BCUT2D eigenvalue weighted by Crippen LogP contribution is -2.51. The number of amides is 1. The van der Waals surface area contributed by atoms with Crippen LogP contribution in [0, 0.1) is 5.82 Å². The van der Waals surface area contributed by atoms with E-state index in [4.69, 9.17) is 4.74 Å². The normalized spacial score (nSPS) is 21.7. The van der Waals surface area contributed by atoms with Crippen LogP contribution in [0.2, 0.25) is 0 Å². The molecule has 0 fully saturated rings. The molecule has 2 N–H and O–H groups in total. The van der Waals surface area contributed by atoms with Crippen molar-refractivity contribution < 1.29 is 13.9 Å². The van der Waals surface area contributed by atoms with Crippen molar-refractivity contribution in [1.29, 1.82) is 0 Å². The molecule has 8 nitrogen and oxygen atoms in total. The molecule has 0 spiro atoms. The van der Waals surface area contributed by atoms with Gasteiger partial charge in [0.15, 0.2) is 11.8 Å². The van der Waals surface area contributed by atoms with Gasteiger partial charge in [0.25, 0.3) is 5.91 Å². The molecule has 0 aliphatic carbocycles. The van der Waals surface area contributed by atoms with Crippen LogP contribution < -0.4 is 15.0 Å². The number of fused-ring (bicyclic) bond motifs is 4. The molecule has 2 bridgehead atoms. The fourth-order valence-electron chi connectivity index (χ4n) is 3.42. The zero-order valence-electron chi connectivity index (χ0n) is 13.2. The second-order valence-electron chi connectivity index (χ2n) is 6.17. The quantitative estimate of drug-likeness (QED) is 0.638. The van der Waals surface area contributed by atoms with Gasteiger partial charge in [-0.2, -0.15) is 0 Å². The summed E-state index contributed by atoms with van der Waals surface area (Å²) in [6, 6.07) is 0.988. The molecule has 2 aliphatic heterocycles. The molecule has 2 atom stereocenters. The largest absolute Gasteiger partial charge is 0.466 e. The Kier molecular flexibility index (Phi) is 2.76. The number of anilines is 1. The molecule has 25 heavy (non-hydrogen) atoms. The van der Waals surface area contributed by atoms with E-state index < -0.39 is 18.0 Å². The number of aromatic nitrogens is 4. The number of pyridine rings is 1. The number of hydrogen-bond donors (Lipinski definition) is 2. The van der Waals surface area contributed by atoms with E-state index in [1.807, 2.05) is 11.9 Å². The zero-order valence-corrected chi connectivity index (χ0v) is 13.2. The van der Waals surface area contributed by atoms with E-state index in [2.05, 4.69) is 25.3 Å².